The highest BCUT2D eigenvalue weighted by Crippen LogP contribution is 2.12. The van der Waals surface area contributed by atoms with Crippen molar-refractivity contribution in [2.24, 2.45) is 0 Å². The predicted molar refractivity (Wildman–Crippen MR) is 70.3 cm³/mol. The lowest BCUT2D eigenvalue weighted by atomic mass is 10.2. The third-order valence-corrected chi connectivity index (χ3v) is 2.60. The molecule has 0 saturated carbocycles. The van der Waals surface area contributed by atoms with Gasteiger partial charge < -0.3 is 15.2 Å². The quantitative estimate of drug-likeness (QED) is 0.784. The van der Waals surface area contributed by atoms with Gasteiger partial charge in [0.1, 0.15) is 0 Å². The van der Waals surface area contributed by atoms with E-state index in [1.165, 1.54) is 5.56 Å². The molecule has 0 fully saturated rings. The number of aromatic nitrogens is 4. The van der Waals surface area contributed by atoms with Crippen molar-refractivity contribution in [2.75, 3.05) is 25.6 Å². The van der Waals surface area contributed by atoms with Gasteiger partial charge in [-0.15, -0.1) is 0 Å². The van der Waals surface area contributed by atoms with Crippen LogP contribution in [0.4, 0.5) is 5.95 Å². The van der Waals surface area contributed by atoms with E-state index in [0.717, 1.165) is 5.69 Å². The number of nitrogens with one attached hydrogen (secondary N) is 1. The monoisotopic (exact) mass is 263 g/mol. The summed E-state index contributed by atoms with van der Waals surface area (Å²) in [6.45, 7) is 2.60. The summed E-state index contributed by atoms with van der Waals surface area (Å²) < 4.78 is 6.44. The Morgan fingerprint density at radius 2 is 2.11 bits per heavy atom. The Morgan fingerprint density at radius 3 is 2.79 bits per heavy atom. The van der Waals surface area contributed by atoms with Crippen LogP contribution in [0, 0.1) is 6.92 Å². The fourth-order valence-electron chi connectivity index (χ4n) is 1.62. The highest BCUT2D eigenvalue weighted by atomic mass is 16.5. The molecule has 7 heteroatoms. The van der Waals surface area contributed by atoms with E-state index in [-0.39, 0.29) is 6.61 Å². The lowest BCUT2D eigenvalue weighted by Gasteiger charge is -2.11. The largest absolute Gasteiger partial charge is 0.389 e. The van der Waals surface area contributed by atoms with Crippen LogP contribution < -0.4 is 5.32 Å². The molecule has 1 aromatic carbocycles. The Bertz CT molecular complexity index is 511. The molecule has 0 amide bonds. The second kappa shape index (κ2) is 6.26. The summed E-state index contributed by atoms with van der Waals surface area (Å²) in [5.74, 6) is 0.485. The zero-order chi connectivity index (χ0) is 13.7. The predicted octanol–water partition coefficient (Wildman–Crippen LogP) is 0.390. The van der Waals surface area contributed by atoms with E-state index >= 15 is 0 Å². The molecule has 2 rings (SSSR count). The van der Waals surface area contributed by atoms with E-state index in [9.17, 15) is 5.11 Å². The molecule has 0 saturated heterocycles. The third-order valence-electron chi connectivity index (χ3n) is 2.60. The van der Waals surface area contributed by atoms with Crippen LogP contribution in [0.2, 0.25) is 0 Å². The second-order valence-electron chi connectivity index (χ2n) is 4.24. The number of rotatable bonds is 6. The zero-order valence-corrected chi connectivity index (χ0v) is 10.9. The number of benzene rings is 1. The van der Waals surface area contributed by atoms with Gasteiger partial charge in [0.05, 0.1) is 18.4 Å². The van der Waals surface area contributed by atoms with Crippen LogP contribution >= 0.6 is 0 Å². The molecular formula is C12H17N5O2. The fraction of sp³-hybridized carbons (Fsp3) is 0.417. The van der Waals surface area contributed by atoms with Crippen molar-refractivity contribution >= 4 is 5.95 Å². The molecule has 1 heterocycles. The van der Waals surface area contributed by atoms with Gasteiger partial charge in [0.25, 0.3) is 0 Å². The molecule has 2 N–H and O–H groups in total. The van der Waals surface area contributed by atoms with Crippen LogP contribution in [0.5, 0.6) is 0 Å². The number of aliphatic hydroxyl groups excluding tert-OH is 1. The van der Waals surface area contributed by atoms with E-state index < -0.39 is 6.10 Å². The SMILES string of the molecule is COC[C@@H](O)CNc1nnnn1-c1ccc(C)cc1. The maximum absolute atomic E-state index is 9.58. The van der Waals surface area contributed by atoms with Crippen LogP contribution in [0.15, 0.2) is 24.3 Å². The number of anilines is 1. The van der Waals surface area contributed by atoms with Crippen LogP contribution in [0.1, 0.15) is 5.56 Å². The number of tetrazole rings is 1. The maximum atomic E-state index is 9.58. The maximum Gasteiger partial charge on any atom is 0.247 e. The van der Waals surface area contributed by atoms with Crippen molar-refractivity contribution in [3.63, 3.8) is 0 Å². The Balaban J connectivity index is 2.07. The lowest BCUT2D eigenvalue weighted by Crippen LogP contribution is -2.25. The molecule has 0 bridgehead atoms. The molecule has 0 aliphatic carbocycles. The van der Waals surface area contributed by atoms with Crippen molar-refractivity contribution in [2.45, 2.75) is 13.0 Å². The van der Waals surface area contributed by atoms with Gasteiger partial charge >= 0.3 is 0 Å². The Kier molecular flexibility index (Phi) is 4.43. The number of hydrogen-bond donors (Lipinski definition) is 2. The third kappa shape index (κ3) is 3.49. The Morgan fingerprint density at radius 1 is 1.37 bits per heavy atom. The molecule has 2 aromatic rings. The summed E-state index contributed by atoms with van der Waals surface area (Å²) >= 11 is 0. The number of aryl methyl sites for hydroxylation is 1. The van der Waals surface area contributed by atoms with Crippen molar-refractivity contribution in [3.8, 4) is 5.69 Å². The minimum absolute atomic E-state index is 0.263. The number of methoxy groups -OCH3 is 1. The molecule has 0 spiro atoms. The fourth-order valence-corrected chi connectivity index (χ4v) is 1.62. The molecule has 0 unspecified atom stereocenters. The number of ether oxygens (including phenoxy) is 1. The van der Waals surface area contributed by atoms with Crippen LogP contribution in [0.25, 0.3) is 5.69 Å². The van der Waals surface area contributed by atoms with Gasteiger partial charge in [0.2, 0.25) is 5.95 Å². The first-order valence-electron chi connectivity index (χ1n) is 5.97. The molecule has 1 atom stereocenters. The molecule has 0 aliphatic heterocycles. The van der Waals surface area contributed by atoms with Gasteiger partial charge in [0.15, 0.2) is 0 Å². The molecule has 102 valence electrons. The molecule has 19 heavy (non-hydrogen) atoms. The summed E-state index contributed by atoms with van der Waals surface area (Å²) in [5.41, 5.74) is 2.03. The average molecular weight is 263 g/mol. The summed E-state index contributed by atoms with van der Waals surface area (Å²) in [6, 6.07) is 7.84. The number of hydrogen-bond acceptors (Lipinski definition) is 6. The van der Waals surface area contributed by atoms with Crippen LogP contribution in [-0.2, 0) is 4.74 Å². The van der Waals surface area contributed by atoms with E-state index in [0.29, 0.717) is 12.5 Å². The van der Waals surface area contributed by atoms with Crippen LogP contribution in [0.3, 0.4) is 0 Å². The van der Waals surface area contributed by atoms with E-state index in [1.54, 1.807) is 11.8 Å². The van der Waals surface area contributed by atoms with Crippen LogP contribution in [-0.4, -0.2) is 51.7 Å². The van der Waals surface area contributed by atoms with Gasteiger partial charge in [-0.1, -0.05) is 22.8 Å². The highest BCUT2D eigenvalue weighted by Gasteiger charge is 2.10. The first kappa shape index (κ1) is 13.4. The minimum atomic E-state index is -0.604. The van der Waals surface area contributed by atoms with Gasteiger partial charge in [0, 0.05) is 13.7 Å². The first-order valence-corrected chi connectivity index (χ1v) is 5.97. The second-order valence-corrected chi connectivity index (χ2v) is 4.24. The summed E-state index contributed by atoms with van der Waals surface area (Å²) in [7, 11) is 1.54. The zero-order valence-electron chi connectivity index (χ0n) is 10.9. The standard InChI is InChI=1S/C12H17N5O2/c1-9-3-5-10(6-4-9)17-12(14-15-16-17)13-7-11(18)8-19-2/h3-6,11,18H,7-8H2,1-2H3,(H,13,14,16)/t11-/m0/s1. The molecule has 0 aliphatic rings. The molecule has 7 nitrogen and oxygen atoms in total. The summed E-state index contributed by atoms with van der Waals surface area (Å²) in [5, 5.41) is 24.0. The van der Waals surface area contributed by atoms with Crippen molar-refractivity contribution < 1.29 is 9.84 Å². The minimum Gasteiger partial charge on any atom is -0.389 e. The van der Waals surface area contributed by atoms with Crippen molar-refractivity contribution in [3.05, 3.63) is 29.8 Å². The van der Waals surface area contributed by atoms with Crippen molar-refractivity contribution in [1.82, 2.24) is 20.2 Å². The van der Waals surface area contributed by atoms with Gasteiger partial charge in [-0.05, 0) is 29.5 Å². The Labute approximate surface area is 111 Å². The van der Waals surface area contributed by atoms with E-state index in [4.69, 9.17) is 4.74 Å². The summed E-state index contributed by atoms with van der Waals surface area (Å²) in [6.07, 6.45) is -0.604. The smallest absolute Gasteiger partial charge is 0.247 e. The topological polar surface area (TPSA) is 85.1 Å². The number of aliphatic hydroxyl groups is 1. The first-order chi connectivity index (χ1) is 9.20. The highest BCUT2D eigenvalue weighted by molar-refractivity contribution is 5.39. The van der Waals surface area contributed by atoms with Gasteiger partial charge in [-0.2, -0.15) is 4.68 Å². The number of nitrogens with zero attached hydrogens (tertiary/aromatic N) is 4. The van der Waals surface area contributed by atoms with E-state index in [2.05, 4.69) is 20.8 Å². The van der Waals surface area contributed by atoms with Gasteiger partial charge in [-0.3, -0.25) is 0 Å². The molecule has 1 aromatic heterocycles. The summed E-state index contributed by atoms with van der Waals surface area (Å²) in [4.78, 5) is 0. The Hall–Kier alpha value is -1.99. The molecular weight excluding hydrogens is 246 g/mol. The lowest BCUT2D eigenvalue weighted by molar-refractivity contribution is 0.0726. The normalized spacial score (nSPS) is 12.4. The van der Waals surface area contributed by atoms with Crippen molar-refractivity contribution in [1.29, 1.82) is 0 Å². The van der Waals surface area contributed by atoms with Gasteiger partial charge in [-0.25, -0.2) is 0 Å². The molecule has 0 radical (unpaired) electrons. The average Bonchev–Trinajstić information content (AvgIpc) is 2.86. The van der Waals surface area contributed by atoms with E-state index in [1.807, 2.05) is 31.2 Å².